The largest absolute Gasteiger partial charge is 0.355 e. The molecule has 10 nitrogen and oxygen atoms in total. The molecule has 1 aromatic carbocycles. The molecule has 4 rings (SSSR count). The number of piperazine rings is 1. The van der Waals surface area contributed by atoms with Gasteiger partial charge in [0.05, 0.1) is 14.7 Å². The molecule has 0 radical (unpaired) electrons. The lowest BCUT2D eigenvalue weighted by Gasteiger charge is -2.33. The number of aromatic nitrogens is 1. The Bertz CT molecular complexity index is 1180. The second-order valence-electron chi connectivity index (χ2n) is 6.50. The first-order chi connectivity index (χ1) is 14.4. The van der Waals surface area contributed by atoms with Gasteiger partial charge in [0, 0.05) is 44.4 Å². The highest BCUT2D eigenvalue weighted by Crippen LogP contribution is 2.26. The fourth-order valence-corrected chi connectivity index (χ4v) is 5.25. The minimum atomic E-state index is -3.90. The van der Waals surface area contributed by atoms with Crippen LogP contribution < -0.4 is 0 Å². The summed E-state index contributed by atoms with van der Waals surface area (Å²) in [4.78, 5) is 25.2. The zero-order chi connectivity index (χ0) is 21.3. The second kappa shape index (κ2) is 7.97. The lowest BCUT2D eigenvalue weighted by Crippen LogP contribution is -2.50. The van der Waals surface area contributed by atoms with Crippen LogP contribution in [0, 0.1) is 10.1 Å². The van der Waals surface area contributed by atoms with Crippen molar-refractivity contribution in [1.82, 2.24) is 14.4 Å². The van der Waals surface area contributed by atoms with Crippen molar-refractivity contribution in [2.45, 2.75) is 4.90 Å². The van der Waals surface area contributed by atoms with Gasteiger partial charge in [-0.25, -0.2) is 8.42 Å². The number of nitro benzene ring substituents is 1. The first-order valence-electron chi connectivity index (χ1n) is 8.91. The van der Waals surface area contributed by atoms with Gasteiger partial charge in [0.1, 0.15) is 0 Å². The molecule has 0 bridgehead atoms. The molecule has 3 aromatic rings. The highest BCUT2D eigenvalue weighted by atomic mass is 32.2. The van der Waals surface area contributed by atoms with Crippen LogP contribution in [-0.4, -0.2) is 59.8 Å². The van der Waals surface area contributed by atoms with Crippen LogP contribution in [0.5, 0.6) is 0 Å². The summed E-state index contributed by atoms with van der Waals surface area (Å²) in [6, 6.07) is 10.2. The van der Waals surface area contributed by atoms with Gasteiger partial charge < -0.3 is 9.42 Å². The van der Waals surface area contributed by atoms with Gasteiger partial charge in [0.2, 0.25) is 10.0 Å². The lowest BCUT2D eigenvalue weighted by atomic mass is 10.2. The summed E-state index contributed by atoms with van der Waals surface area (Å²) in [5.41, 5.74) is -0.133. The van der Waals surface area contributed by atoms with Crippen molar-refractivity contribution in [3.63, 3.8) is 0 Å². The Morgan fingerprint density at radius 1 is 1.13 bits per heavy atom. The Kier molecular flexibility index (Phi) is 5.37. The summed E-state index contributed by atoms with van der Waals surface area (Å²) in [5, 5.41) is 16.6. The Morgan fingerprint density at radius 3 is 2.57 bits per heavy atom. The third kappa shape index (κ3) is 3.84. The second-order valence-corrected chi connectivity index (χ2v) is 9.39. The molecule has 0 N–H and O–H groups in total. The number of non-ortho nitro benzene ring substituents is 1. The van der Waals surface area contributed by atoms with Crippen molar-refractivity contribution in [2.24, 2.45) is 0 Å². The minimum Gasteiger partial charge on any atom is -0.355 e. The van der Waals surface area contributed by atoms with Crippen molar-refractivity contribution in [1.29, 1.82) is 0 Å². The maximum absolute atomic E-state index is 12.8. The van der Waals surface area contributed by atoms with Gasteiger partial charge >= 0.3 is 0 Å². The molecule has 1 saturated heterocycles. The van der Waals surface area contributed by atoms with Gasteiger partial charge in [0.15, 0.2) is 11.5 Å². The number of hydrogen-bond donors (Lipinski definition) is 0. The summed E-state index contributed by atoms with van der Waals surface area (Å²) < 4.78 is 32.1. The number of benzene rings is 1. The molecule has 1 fully saturated rings. The fourth-order valence-electron chi connectivity index (χ4n) is 3.11. The monoisotopic (exact) mass is 448 g/mol. The molecule has 1 amide bonds. The molecule has 2 aromatic heterocycles. The average Bonchev–Trinajstić information content (AvgIpc) is 3.45. The smallest absolute Gasteiger partial charge is 0.276 e. The van der Waals surface area contributed by atoms with Gasteiger partial charge in [0.25, 0.3) is 11.6 Å². The van der Waals surface area contributed by atoms with Crippen LogP contribution in [0.15, 0.2) is 57.3 Å². The van der Waals surface area contributed by atoms with E-state index >= 15 is 0 Å². The fraction of sp³-hybridized carbons (Fsp3) is 0.222. The number of thiophene rings is 1. The van der Waals surface area contributed by atoms with Crippen LogP contribution in [-0.2, 0) is 10.0 Å². The van der Waals surface area contributed by atoms with E-state index in [2.05, 4.69) is 5.16 Å². The quantitative estimate of drug-likeness (QED) is 0.433. The number of sulfonamides is 1. The van der Waals surface area contributed by atoms with Gasteiger partial charge in [-0.15, -0.1) is 11.3 Å². The van der Waals surface area contributed by atoms with E-state index in [0.29, 0.717) is 5.76 Å². The minimum absolute atomic E-state index is 0.0758. The highest BCUT2D eigenvalue weighted by molar-refractivity contribution is 7.89. The van der Waals surface area contributed by atoms with Crippen LogP contribution in [0.1, 0.15) is 10.5 Å². The number of carbonyl (C=O) groups excluding carboxylic acids is 1. The van der Waals surface area contributed by atoms with Gasteiger partial charge in [-0.3, -0.25) is 14.9 Å². The molecule has 1 aliphatic heterocycles. The molecule has 3 heterocycles. The normalized spacial score (nSPS) is 15.3. The van der Waals surface area contributed by atoms with Crippen LogP contribution in [0.3, 0.4) is 0 Å². The zero-order valence-electron chi connectivity index (χ0n) is 15.5. The van der Waals surface area contributed by atoms with Crippen molar-refractivity contribution < 1.29 is 22.7 Å². The number of carbonyl (C=O) groups is 1. The number of nitro groups is 1. The number of rotatable bonds is 5. The maximum atomic E-state index is 12.8. The third-order valence-corrected chi connectivity index (χ3v) is 7.46. The number of hydrogen-bond acceptors (Lipinski definition) is 8. The molecular formula is C18H16N4O6S2. The molecule has 12 heteroatoms. The first-order valence-corrected chi connectivity index (χ1v) is 11.2. The summed E-state index contributed by atoms with van der Waals surface area (Å²) >= 11 is 1.47. The molecule has 0 aliphatic carbocycles. The van der Waals surface area contributed by atoms with E-state index in [1.54, 1.807) is 6.07 Å². The molecule has 30 heavy (non-hydrogen) atoms. The summed E-state index contributed by atoms with van der Waals surface area (Å²) in [6.45, 7) is 0.501. The van der Waals surface area contributed by atoms with E-state index in [1.807, 2.05) is 17.5 Å². The van der Waals surface area contributed by atoms with Crippen molar-refractivity contribution >= 4 is 33.0 Å². The third-order valence-electron chi connectivity index (χ3n) is 4.69. The van der Waals surface area contributed by atoms with Crippen LogP contribution in [0.25, 0.3) is 10.6 Å². The Hall–Kier alpha value is -3.09. The summed E-state index contributed by atoms with van der Waals surface area (Å²) in [5.74, 6) is 0.161. The molecular weight excluding hydrogens is 432 g/mol. The highest BCUT2D eigenvalue weighted by Gasteiger charge is 2.32. The maximum Gasteiger partial charge on any atom is 0.276 e. The number of nitrogens with zero attached hydrogens (tertiary/aromatic N) is 4. The van der Waals surface area contributed by atoms with E-state index in [9.17, 15) is 23.3 Å². The molecule has 0 spiro atoms. The molecule has 0 saturated carbocycles. The lowest BCUT2D eigenvalue weighted by molar-refractivity contribution is -0.385. The van der Waals surface area contributed by atoms with Crippen LogP contribution in [0.2, 0.25) is 0 Å². The zero-order valence-corrected chi connectivity index (χ0v) is 17.1. The van der Waals surface area contributed by atoms with Crippen LogP contribution >= 0.6 is 11.3 Å². The summed E-state index contributed by atoms with van der Waals surface area (Å²) in [6.07, 6.45) is 0. The average molecular weight is 448 g/mol. The molecule has 156 valence electrons. The van der Waals surface area contributed by atoms with Crippen molar-refractivity contribution in [3.05, 3.63) is 63.7 Å². The summed E-state index contributed by atoms with van der Waals surface area (Å²) in [7, 11) is -3.90. The molecule has 1 aliphatic rings. The topological polar surface area (TPSA) is 127 Å². The molecule has 0 unspecified atom stereocenters. The van der Waals surface area contributed by atoms with Gasteiger partial charge in [-0.1, -0.05) is 17.3 Å². The number of amides is 1. The van der Waals surface area contributed by atoms with E-state index in [4.69, 9.17) is 4.52 Å². The van der Waals surface area contributed by atoms with Crippen LogP contribution in [0.4, 0.5) is 5.69 Å². The van der Waals surface area contributed by atoms with E-state index in [-0.39, 0.29) is 48.4 Å². The van der Waals surface area contributed by atoms with Crippen molar-refractivity contribution in [2.75, 3.05) is 26.2 Å². The van der Waals surface area contributed by atoms with Crippen molar-refractivity contribution in [3.8, 4) is 10.6 Å². The molecule has 0 atom stereocenters. The predicted octanol–water partition coefficient (Wildman–Crippen LogP) is 2.46. The predicted molar refractivity (Wildman–Crippen MR) is 108 cm³/mol. The Morgan fingerprint density at radius 2 is 1.90 bits per heavy atom. The van der Waals surface area contributed by atoms with E-state index < -0.39 is 14.9 Å². The first kappa shape index (κ1) is 20.2. The Balaban J connectivity index is 1.44. The van der Waals surface area contributed by atoms with Gasteiger partial charge in [-0.2, -0.15) is 4.31 Å². The SMILES string of the molecule is O=C(c1cc(-c2cccs2)on1)N1CCN(S(=O)(=O)c2cccc([N+](=O)[O-])c2)CC1. The van der Waals surface area contributed by atoms with E-state index in [1.165, 1.54) is 38.7 Å². The standard InChI is InChI=1S/C18H16N4O6S2/c23-18(15-12-16(28-19-15)17-5-2-10-29-17)20-6-8-21(9-7-20)30(26,27)14-4-1-3-13(11-14)22(24)25/h1-5,10-12H,6-9H2. The van der Waals surface area contributed by atoms with Gasteiger partial charge in [-0.05, 0) is 17.5 Å². The Labute approximate surface area is 175 Å². The van der Waals surface area contributed by atoms with E-state index in [0.717, 1.165) is 10.9 Å².